The van der Waals surface area contributed by atoms with Crippen molar-refractivity contribution in [1.29, 1.82) is 0 Å². The smallest absolute Gasteiger partial charge is 0.747 e. The Kier molecular flexibility index (Phi) is 8.00. The van der Waals surface area contributed by atoms with Gasteiger partial charge in [-0.2, -0.15) is 0 Å². The molecule has 3 N–H and O–H groups in total. The van der Waals surface area contributed by atoms with Crippen LogP contribution in [0.3, 0.4) is 0 Å². The molecular weight excluding hydrogens is 315 g/mol. The fourth-order valence-electron chi connectivity index (χ4n) is 1.52. The molecule has 0 aromatic carbocycles. The topological polar surface area (TPSA) is 128 Å². The number of nitrogens with two attached hydrogens (primary N) is 1. The van der Waals surface area contributed by atoms with Crippen molar-refractivity contribution < 1.29 is 51.8 Å². The maximum Gasteiger partial charge on any atom is 1.00 e. The fourth-order valence-corrected chi connectivity index (χ4v) is 2.84. The standard InChI is InChI=1S/C10H22N2O5S2.Na/c1-9(2,3)18(13)12-10(6-17-7-10)5-4-8(11)19(14,15)16;/h8,12H,4-7,11H2,1-3H3,(H,14,15,16);/q;+1/p-1. The van der Waals surface area contributed by atoms with Crippen LogP contribution in [0.25, 0.3) is 0 Å². The van der Waals surface area contributed by atoms with Gasteiger partial charge in [-0.1, -0.05) is 0 Å². The van der Waals surface area contributed by atoms with Gasteiger partial charge in [-0.3, -0.25) is 0 Å². The molecule has 1 fully saturated rings. The second kappa shape index (κ2) is 7.58. The molecule has 0 spiro atoms. The number of rotatable bonds is 6. The number of hydrogen-bond acceptors (Lipinski definition) is 7. The zero-order valence-corrected chi connectivity index (χ0v) is 16.0. The van der Waals surface area contributed by atoms with Crippen molar-refractivity contribution in [2.45, 2.75) is 49.3 Å². The van der Waals surface area contributed by atoms with Gasteiger partial charge in [-0.05, 0) is 33.6 Å². The van der Waals surface area contributed by atoms with E-state index >= 15 is 0 Å². The molecule has 20 heavy (non-hydrogen) atoms. The maximum atomic E-state index is 12.0. The molecule has 0 aromatic heterocycles. The van der Waals surface area contributed by atoms with Gasteiger partial charge in [0.05, 0.1) is 18.6 Å². The minimum absolute atomic E-state index is 0. The molecule has 114 valence electrons. The zero-order chi connectivity index (χ0) is 14.9. The molecule has 2 atom stereocenters. The van der Waals surface area contributed by atoms with Crippen LogP contribution >= 0.6 is 0 Å². The van der Waals surface area contributed by atoms with Gasteiger partial charge in [-0.15, -0.1) is 4.72 Å². The number of nitrogens with one attached hydrogen (secondary N) is 1. The van der Waals surface area contributed by atoms with Crippen LogP contribution in [0.1, 0.15) is 33.6 Å². The summed E-state index contributed by atoms with van der Waals surface area (Å²) in [6.07, 6.45) is 0.348. The normalized spacial score (nSPS) is 21.5. The molecular formula is C10H21N2NaO5S2. The molecule has 0 aromatic rings. The van der Waals surface area contributed by atoms with Crippen molar-refractivity contribution in [1.82, 2.24) is 4.72 Å². The summed E-state index contributed by atoms with van der Waals surface area (Å²) in [6.45, 7) is 6.16. The van der Waals surface area contributed by atoms with E-state index in [9.17, 15) is 17.5 Å². The SMILES string of the molecule is CC(C)(C)[S+]([O-])NC1(CCC(N)S(=O)(=O)[O-])COC1.[Na+]. The molecule has 0 amide bonds. The third kappa shape index (κ3) is 6.07. The quantitative estimate of drug-likeness (QED) is 0.292. The Hall–Kier alpha value is 1.10. The van der Waals surface area contributed by atoms with Gasteiger partial charge in [0.15, 0.2) is 0 Å². The first-order chi connectivity index (χ1) is 8.46. The van der Waals surface area contributed by atoms with Crippen LogP contribution < -0.4 is 40.0 Å². The van der Waals surface area contributed by atoms with Crippen LogP contribution in [0.4, 0.5) is 0 Å². The monoisotopic (exact) mass is 336 g/mol. The summed E-state index contributed by atoms with van der Waals surface area (Å²) >= 11 is -1.29. The number of ether oxygens (including phenoxy) is 1. The first-order valence-corrected chi connectivity index (χ1v) is 8.56. The molecule has 0 saturated carbocycles. The van der Waals surface area contributed by atoms with Gasteiger partial charge in [0, 0.05) is 11.4 Å². The molecule has 1 heterocycles. The van der Waals surface area contributed by atoms with Gasteiger partial charge in [0.25, 0.3) is 0 Å². The van der Waals surface area contributed by atoms with Crippen molar-refractivity contribution in [3.63, 3.8) is 0 Å². The van der Waals surface area contributed by atoms with E-state index in [0.717, 1.165) is 0 Å². The number of hydrogen-bond donors (Lipinski definition) is 2. The van der Waals surface area contributed by atoms with Gasteiger partial charge in [0.1, 0.15) is 20.4 Å². The van der Waals surface area contributed by atoms with Crippen LogP contribution in [-0.4, -0.2) is 46.4 Å². The molecule has 10 heteroatoms. The molecule has 0 bridgehead atoms. The summed E-state index contributed by atoms with van der Waals surface area (Å²) in [7, 11) is -4.48. The largest absolute Gasteiger partial charge is 1.00 e. The summed E-state index contributed by atoms with van der Waals surface area (Å²) in [6, 6.07) is 0. The summed E-state index contributed by atoms with van der Waals surface area (Å²) in [5.74, 6) is 0. The predicted octanol–water partition coefficient (Wildman–Crippen LogP) is -3.58. The Morgan fingerprint density at radius 2 is 1.95 bits per heavy atom. The molecule has 0 radical (unpaired) electrons. The second-order valence-corrected chi connectivity index (χ2v) is 9.38. The van der Waals surface area contributed by atoms with E-state index in [-0.39, 0.29) is 36.0 Å². The minimum atomic E-state index is -4.48. The summed E-state index contributed by atoms with van der Waals surface area (Å²) < 4.78 is 51.9. The predicted molar refractivity (Wildman–Crippen MR) is 71.5 cm³/mol. The van der Waals surface area contributed by atoms with E-state index in [1.165, 1.54) is 0 Å². The van der Waals surface area contributed by atoms with Crippen molar-refractivity contribution in [3.05, 3.63) is 0 Å². The molecule has 1 aliphatic heterocycles. The molecule has 7 nitrogen and oxygen atoms in total. The van der Waals surface area contributed by atoms with Crippen LogP contribution in [0.2, 0.25) is 0 Å². The van der Waals surface area contributed by atoms with E-state index in [2.05, 4.69) is 4.72 Å². The van der Waals surface area contributed by atoms with Gasteiger partial charge in [0.2, 0.25) is 0 Å². The van der Waals surface area contributed by atoms with Crippen LogP contribution in [0.5, 0.6) is 0 Å². The summed E-state index contributed by atoms with van der Waals surface area (Å²) in [5.41, 5.74) is 4.75. The van der Waals surface area contributed by atoms with Crippen molar-refractivity contribution in [2.24, 2.45) is 5.73 Å². The maximum absolute atomic E-state index is 12.0. The van der Waals surface area contributed by atoms with Gasteiger partial charge < -0.3 is 19.6 Å². The van der Waals surface area contributed by atoms with E-state index in [1.807, 2.05) is 20.8 Å². The minimum Gasteiger partial charge on any atom is -0.747 e. The molecule has 1 saturated heterocycles. The third-order valence-corrected chi connectivity index (χ3v) is 5.61. The summed E-state index contributed by atoms with van der Waals surface area (Å²) in [5, 5.41) is -1.44. The van der Waals surface area contributed by atoms with Gasteiger partial charge >= 0.3 is 29.6 Å². The Bertz CT molecular complexity index is 408. The fraction of sp³-hybridized carbons (Fsp3) is 1.00. The van der Waals surface area contributed by atoms with E-state index < -0.39 is 37.1 Å². The van der Waals surface area contributed by atoms with Crippen molar-refractivity contribution in [2.75, 3.05) is 13.2 Å². The van der Waals surface area contributed by atoms with E-state index in [0.29, 0.717) is 19.6 Å². The van der Waals surface area contributed by atoms with Crippen LogP contribution in [-0.2, 0) is 26.2 Å². The Labute approximate surface area is 145 Å². The Morgan fingerprint density at radius 3 is 2.25 bits per heavy atom. The molecule has 1 aliphatic rings. The Morgan fingerprint density at radius 1 is 1.45 bits per heavy atom. The van der Waals surface area contributed by atoms with Gasteiger partial charge in [-0.25, -0.2) is 8.42 Å². The average molecular weight is 336 g/mol. The third-order valence-electron chi connectivity index (χ3n) is 2.90. The first-order valence-electron chi connectivity index (χ1n) is 5.94. The second-order valence-electron chi connectivity index (χ2n) is 5.83. The van der Waals surface area contributed by atoms with E-state index in [4.69, 9.17) is 10.5 Å². The first kappa shape index (κ1) is 21.1. The molecule has 2 unspecified atom stereocenters. The van der Waals surface area contributed by atoms with E-state index in [1.54, 1.807) is 0 Å². The van der Waals surface area contributed by atoms with Crippen LogP contribution in [0, 0.1) is 0 Å². The van der Waals surface area contributed by atoms with Crippen molar-refractivity contribution in [3.8, 4) is 0 Å². The summed E-state index contributed by atoms with van der Waals surface area (Å²) in [4.78, 5) is 0. The zero-order valence-electron chi connectivity index (χ0n) is 12.3. The average Bonchev–Trinajstić information content (AvgIpc) is 2.17. The molecule has 0 aliphatic carbocycles. The van der Waals surface area contributed by atoms with Crippen LogP contribution in [0.15, 0.2) is 0 Å². The van der Waals surface area contributed by atoms with Crippen molar-refractivity contribution >= 4 is 21.5 Å². The molecule has 1 rings (SSSR count). The Balaban J connectivity index is 0.00000361.